The SMILES string of the molecule is CC(=O)N(C(=O)c1cc(Br)nn1-c1ncccc1Cl)c1c(Cl)cc(Br)cc1C(=O)NC1CCCC1. The Hall–Kier alpha value is -2.27. The van der Waals surface area contributed by atoms with E-state index >= 15 is 0 Å². The molecular weight excluding hydrogens is 625 g/mol. The number of nitrogens with zero attached hydrogens (tertiary/aromatic N) is 4. The number of rotatable bonds is 5. The normalized spacial score (nSPS) is 13.6. The van der Waals surface area contributed by atoms with Gasteiger partial charge >= 0.3 is 0 Å². The first kappa shape index (κ1) is 25.8. The average molecular weight is 644 g/mol. The number of hydrogen-bond acceptors (Lipinski definition) is 5. The molecule has 1 fully saturated rings. The molecule has 0 radical (unpaired) electrons. The first-order chi connectivity index (χ1) is 16.7. The van der Waals surface area contributed by atoms with Gasteiger partial charge in [-0.1, -0.05) is 52.0 Å². The van der Waals surface area contributed by atoms with Crippen molar-refractivity contribution in [2.75, 3.05) is 4.90 Å². The zero-order valence-corrected chi connectivity index (χ0v) is 23.1. The summed E-state index contributed by atoms with van der Waals surface area (Å²) >= 11 is 19.4. The Balaban J connectivity index is 1.82. The van der Waals surface area contributed by atoms with Crippen LogP contribution in [0.2, 0.25) is 10.0 Å². The lowest BCUT2D eigenvalue weighted by molar-refractivity contribution is -0.115. The Kier molecular flexibility index (Phi) is 7.95. The molecule has 35 heavy (non-hydrogen) atoms. The first-order valence-corrected chi connectivity index (χ1v) is 13.0. The summed E-state index contributed by atoms with van der Waals surface area (Å²) < 4.78 is 2.09. The number of carbonyl (C=O) groups excluding carboxylic acids is 3. The summed E-state index contributed by atoms with van der Waals surface area (Å²) in [5.41, 5.74) is 0.0773. The molecule has 3 amide bonds. The Morgan fingerprint density at radius 1 is 1.11 bits per heavy atom. The highest BCUT2D eigenvalue weighted by Gasteiger charge is 2.33. The highest BCUT2D eigenvalue weighted by molar-refractivity contribution is 9.10. The minimum Gasteiger partial charge on any atom is -0.349 e. The monoisotopic (exact) mass is 641 g/mol. The summed E-state index contributed by atoms with van der Waals surface area (Å²) in [4.78, 5) is 45.0. The van der Waals surface area contributed by atoms with Crippen LogP contribution in [-0.4, -0.2) is 38.5 Å². The number of halogens is 4. The topological polar surface area (TPSA) is 97.2 Å². The van der Waals surface area contributed by atoms with Crippen molar-refractivity contribution in [1.82, 2.24) is 20.1 Å². The van der Waals surface area contributed by atoms with E-state index in [4.69, 9.17) is 23.2 Å². The van der Waals surface area contributed by atoms with E-state index in [1.54, 1.807) is 12.1 Å². The lowest BCUT2D eigenvalue weighted by atomic mass is 10.1. The third kappa shape index (κ3) is 5.45. The van der Waals surface area contributed by atoms with Crippen LogP contribution in [0.3, 0.4) is 0 Å². The summed E-state index contributed by atoms with van der Waals surface area (Å²) in [6.07, 6.45) is 5.31. The Labute approximate surface area is 228 Å². The maximum atomic E-state index is 13.8. The fraction of sp³-hybridized carbons (Fsp3) is 0.261. The molecule has 182 valence electrons. The lowest BCUT2D eigenvalue weighted by Crippen LogP contribution is -2.39. The molecule has 0 atom stereocenters. The zero-order valence-electron chi connectivity index (χ0n) is 18.4. The molecular formula is C23H19Br2Cl2N5O3. The Morgan fingerprint density at radius 2 is 1.83 bits per heavy atom. The van der Waals surface area contributed by atoms with Gasteiger partial charge in [0, 0.05) is 29.7 Å². The molecule has 3 aromatic rings. The maximum Gasteiger partial charge on any atom is 0.283 e. The number of carbonyl (C=O) groups is 3. The van der Waals surface area contributed by atoms with E-state index in [1.807, 2.05) is 0 Å². The maximum absolute atomic E-state index is 13.8. The predicted molar refractivity (Wildman–Crippen MR) is 140 cm³/mol. The fourth-order valence-corrected chi connectivity index (χ4v) is 5.49. The number of aromatic nitrogens is 3. The standard InChI is InChI=1S/C23H19Br2Cl2N5O3/c1-12(33)31(23(35)18-11-19(25)30-32(18)21-16(26)7-4-8-28-21)20-15(9-13(24)10-17(20)27)22(34)29-14-5-2-3-6-14/h4,7-11,14H,2-3,5-6H2,1H3,(H,29,34). The Morgan fingerprint density at radius 3 is 2.49 bits per heavy atom. The third-order valence-electron chi connectivity index (χ3n) is 5.54. The van der Waals surface area contributed by atoms with E-state index in [1.165, 1.54) is 36.0 Å². The summed E-state index contributed by atoms with van der Waals surface area (Å²) in [5, 5.41) is 7.57. The summed E-state index contributed by atoms with van der Waals surface area (Å²) in [5.74, 6) is -1.61. The summed E-state index contributed by atoms with van der Waals surface area (Å²) in [7, 11) is 0. The van der Waals surface area contributed by atoms with Crippen LogP contribution in [0.4, 0.5) is 5.69 Å². The fourth-order valence-electron chi connectivity index (χ4n) is 4.02. The molecule has 1 aromatic carbocycles. The van der Waals surface area contributed by atoms with Gasteiger partial charge in [0.15, 0.2) is 5.82 Å². The largest absolute Gasteiger partial charge is 0.349 e. The van der Waals surface area contributed by atoms with Gasteiger partial charge in [-0.2, -0.15) is 5.10 Å². The van der Waals surface area contributed by atoms with E-state index in [9.17, 15) is 14.4 Å². The number of nitrogens with one attached hydrogen (secondary N) is 1. The molecule has 1 saturated carbocycles. The van der Waals surface area contributed by atoms with Crippen molar-refractivity contribution in [2.45, 2.75) is 38.6 Å². The molecule has 0 saturated heterocycles. The van der Waals surface area contributed by atoms with E-state index in [2.05, 4.69) is 47.3 Å². The van der Waals surface area contributed by atoms with Gasteiger partial charge in [-0.3, -0.25) is 14.4 Å². The van der Waals surface area contributed by atoms with Crippen LogP contribution in [0, 0.1) is 0 Å². The molecule has 0 bridgehead atoms. The van der Waals surface area contributed by atoms with Gasteiger partial charge in [0.05, 0.1) is 21.3 Å². The highest BCUT2D eigenvalue weighted by atomic mass is 79.9. The van der Waals surface area contributed by atoms with E-state index in [0.717, 1.165) is 30.6 Å². The molecule has 0 unspecified atom stereocenters. The molecule has 2 aromatic heterocycles. The number of pyridine rings is 1. The van der Waals surface area contributed by atoms with Crippen molar-refractivity contribution in [1.29, 1.82) is 0 Å². The quantitative estimate of drug-likeness (QED) is 0.370. The van der Waals surface area contributed by atoms with Crippen LogP contribution in [0.5, 0.6) is 0 Å². The molecule has 4 rings (SSSR count). The minimum absolute atomic E-state index is 0.00573. The van der Waals surface area contributed by atoms with E-state index in [0.29, 0.717) is 9.08 Å². The van der Waals surface area contributed by atoms with Crippen molar-refractivity contribution in [3.63, 3.8) is 0 Å². The van der Waals surface area contributed by atoms with Crippen LogP contribution >= 0.6 is 55.1 Å². The smallest absolute Gasteiger partial charge is 0.283 e. The van der Waals surface area contributed by atoms with Gasteiger partial charge in [-0.15, -0.1) is 0 Å². The van der Waals surface area contributed by atoms with Crippen molar-refractivity contribution < 1.29 is 14.4 Å². The molecule has 1 aliphatic rings. The van der Waals surface area contributed by atoms with Crippen LogP contribution in [0.25, 0.3) is 5.82 Å². The van der Waals surface area contributed by atoms with E-state index in [-0.39, 0.29) is 38.8 Å². The summed E-state index contributed by atoms with van der Waals surface area (Å²) in [6, 6.07) is 7.78. The molecule has 0 spiro atoms. The minimum atomic E-state index is -0.753. The molecule has 1 aliphatic carbocycles. The van der Waals surface area contributed by atoms with E-state index < -0.39 is 17.7 Å². The van der Waals surface area contributed by atoms with Gasteiger partial charge in [-0.25, -0.2) is 14.6 Å². The highest BCUT2D eigenvalue weighted by Crippen LogP contribution is 2.36. The lowest BCUT2D eigenvalue weighted by Gasteiger charge is -2.24. The van der Waals surface area contributed by atoms with Gasteiger partial charge < -0.3 is 5.32 Å². The molecule has 0 aliphatic heterocycles. The van der Waals surface area contributed by atoms with Crippen molar-refractivity contribution in [3.05, 3.63) is 66.9 Å². The van der Waals surface area contributed by atoms with Crippen LogP contribution in [0.1, 0.15) is 53.5 Å². The second-order valence-electron chi connectivity index (χ2n) is 7.97. The molecule has 1 N–H and O–H groups in total. The van der Waals surface area contributed by atoms with Crippen LogP contribution in [-0.2, 0) is 4.79 Å². The van der Waals surface area contributed by atoms with Gasteiger partial charge in [0.1, 0.15) is 10.3 Å². The predicted octanol–water partition coefficient (Wildman–Crippen LogP) is 5.96. The number of imide groups is 1. The van der Waals surface area contributed by atoms with Crippen molar-refractivity contribution in [3.8, 4) is 5.82 Å². The zero-order chi connectivity index (χ0) is 25.3. The van der Waals surface area contributed by atoms with Gasteiger partial charge in [-0.05, 0) is 53.0 Å². The number of hydrogen-bond donors (Lipinski definition) is 1. The summed E-state index contributed by atoms with van der Waals surface area (Å²) in [6.45, 7) is 1.22. The van der Waals surface area contributed by atoms with Crippen LogP contribution in [0.15, 0.2) is 45.6 Å². The number of amides is 3. The van der Waals surface area contributed by atoms with Crippen molar-refractivity contribution in [2.24, 2.45) is 0 Å². The molecule has 12 heteroatoms. The van der Waals surface area contributed by atoms with Crippen molar-refractivity contribution >= 4 is 78.5 Å². The third-order valence-corrected chi connectivity index (χ3v) is 6.97. The van der Waals surface area contributed by atoms with Gasteiger partial charge in [0.25, 0.3) is 11.8 Å². The molecule has 8 nitrogen and oxygen atoms in total. The second kappa shape index (κ2) is 10.8. The number of benzene rings is 1. The Bertz CT molecular complexity index is 1320. The molecule has 2 heterocycles. The average Bonchev–Trinajstić information content (AvgIpc) is 3.44. The van der Waals surface area contributed by atoms with Gasteiger partial charge in [0.2, 0.25) is 5.91 Å². The first-order valence-electron chi connectivity index (χ1n) is 10.7. The second-order valence-corrected chi connectivity index (χ2v) is 10.5. The number of anilines is 1. The van der Waals surface area contributed by atoms with Crippen LogP contribution < -0.4 is 10.2 Å².